The Balaban J connectivity index is 1.35. The maximum atomic E-state index is 13.7. The molecule has 0 radical (unpaired) electrons. The SMILES string of the molecule is Cc1cc(C(=O)NCCN2CCOCC2)[nH]c1/C=C1\C(=O)Nc2nccc(NC3=CC(O)=C(F)C=CC3)c21. The predicted molar refractivity (Wildman–Crippen MR) is 142 cm³/mol. The number of anilines is 2. The van der Waals surface area contributed by atoms with Crippen LogP contribution in [0.5, 0.6) is 0 Å². The number of carbonyl (C=O) groups excluding carboxylic acids is 2. The number of aryl methyl sites for hydroxylation is 1. The van der Waals surface area contributed by atoms with Crippen molar-refractivity contribution in [3.8, 4) is 0 Å². The Morgan fingerprint density at radius 1 is 1.34 bits per heavy atom. The van der Waals surface area contributed by atoms with Crippen LogP contribution in [0.4, 0.5) is 15.9 Å². The smallest absolute Gasteiger partial charge is 0.267 e. The molecule has 0 saturated carbocycles. The first-order chi connectivity index (χ1) is 18.4. The molecule has 2 aromatic rings. The molecule has 5 rings (SSSR count). The number of aliphatic hydroxyl groups excluding tert-OH is 1. The van der Waals surface area contributed by atoms with E-state index in [0.29, 0.717) is 65.9 Å². The van der Waals surface area contributed by atoms with Gasteiger partial charge in [-0.15, -0.1) is 0 Å². The van der Waals surface area contributed by atoms with Gasteiger partial charge in [-0.05, 0) is 36.8 Å². The summed E-state index contributed by atoms with van der Waals surface area (Å²) in [6.07, 6.45) is 7.70. The average Bonchev–Trinajstić information content (AvgIpc) is 3.38. The number of aromatic nitrogens is 2. The summed E-state index contributed by atoms with van der Waals surface area (Å²) >= 11 is 0. The van der Waals surface area contributed by atoms with E-state index in [-0.39, 0.29) is 11.8 Å². The summed E-state index contributed by atoms with van der Waals surface area (Å²) < 4.78 is 19.1. The predicted octanol–water partition coefficient (Wildman–Crippen LogP) is 3.27. The number of morpholine rings is 1. The van der Waals surface area contributed by atoms with E-state index in [2.05, 4.69) is 30.8 Å². The average molecular weight is 521 g/mol. The standard InChI is InChI=1S/C27H29FN6O4/c1-16-13-22(27(37)30-7-8-34-9-11-38-12-10-34)32-21(16)15-18-24-20(5-6-29-25(24)33-26(18)36)31-17-3-2-4-19(28)23(35)14-17/h2,4-6,13-15,32,35H,3,7-12H2,1H3,(H,30,37)(H2,29,31,33,36)/b18-15-. The van der Waals surface area contributed by atoms with Crippen molar-refractivity contribution >= 4 is 35.0 Å². The van der Waals surface area contributed by atoms with Gasteiger partial charge in [-0.2, -0.15) is 0 Å². The van der Waals surface area contributed by atoms with Gasteiger partial charge in [0.2, 0.25) is 0 Å². The highest BCUT2D eigenvalue weighted by Crippen LogP contribution is 2.38. The second kappa shape index (κ2) is 11.0. The minimum Gasteiger partial charge on any atom is -0.505 e. The molecule has 5 N–H and O–H groups in total. The third-order valence-electron chi connectivity index (χ3n) is 6.56. The van der Waals surface area contributed by atoms with E-state index in [0.717, 1.165) is 25.2 Å². The van der Waals surface area contributed by atoms with Gasteiger partial charge in [0.1, 0.15) is 11.5 Å². The molecule has 11 heteroatoms. The van der Waals surface area contributed by atoms with Crippen LogP contribution in [0.3, 0.4) is 0 Å². The van der Waals surface area contributed by atoms with E-state index in [1.807, 2.05) is 6.92 Å². The zero-order chi connectivity index (χ0) is 26.6. The fraction of sp³-hybridized carbons (Fsp3) is 0.296. The maximum absolute atomic E-state index is 13.7. The molecule has 2 aromatic heterocycles. The monoisotopic (exact) mass is 520 g/mol. The number of carbonyl (C=O) groups is 2. The highest BCUT2D eigenvalue weighted by atomic mass is 19.1. The van der Waals surface area contributed by atoms with Crippen LogP contribution in [-0.4, -0.2) is 71.2 Å². The van der Waals surface area contributed by atoms with Gasteiger partial charge in [-0.1, -0.05) is 6.08 Å². The lowest BCUT2D eigenvalue weighted by molar-refractivity contribution is -0.110. The van der Waals surface area contributed by atoms with Crippen molar-refractivity contribution in [3.63, 3.8) is 0 Å². The van der Waals surface area contributed by atoms with Gasteiger partial charge in [-0.3, -0.25) is 14.5 Å². The first-order valence-electron chi connectivity index (χ1n) is 12.4. The maximum Gasteiger partial charge on any atom is 0.267 e. The molecule has 4 heterocycles. The molecule has 2 aliphatic heterocycles. The molecule has 0 atom stereocenters. The van der Waals surface area contributed by atoms with Gasteiger partial charge in [-0.25, -0.2) is 9.37 Å². The van der Waals surface area contributed by atoms with Gasteiger partial charge in [0.15, 0.2) is 11.6 Å². The molecule has 1 fully saturated rings. The molecular formula is C27H29FN6O4. The van der Waals surface area contributed by atoms with Gasteiger partial charge in [0.25, 0.3) is 11.8 Å². The molecule has 1 saturated heterocycles. The number of amides is 2. The van der Waals surface area contributed by atoms with E-state index < -0.39 is 11.6 Å². The van der Waals surface area contributed by atoms with Gasteiger partial charge < -0.3 is 30.8 Å². The fourth-order valence-corrected chi connectivity index (χ4v) is 4.53. The van der Waals surface area contributed by atoms with E-state index in [1.54, 1.807) is 30.5 Å². The number of ether oxygens (including phenoxy) is 1. The summed E-state index contributed by atoms with van der Waals surface area (Å²) in [6, 6.07) is 3.45. The van der Waals surface area contributed by atoms with Crippen LogP contribution >= 0.6 is 0 Å². The van der Waals surface area contributed by atoms with Crippen molar-refractivity contribution in [2.75, 3.05) is 50.0 Å². The lowest BCUT2D eigenvalue weighted by atomic mass is 10.0. The quantitative estimate of drug-likeness (QED) is 0.354. The molecular weight excluding hydrogens is 491 g/mol. The zero-order valence-electron chi connectivity index (χ0n) is 20.9. The Hall–Kier alpha value is -4.22. The third kappa shape index (κ3) is 5.53. The third-order valence-corrected chi connectivity index (χ3v) is 6.56. The second-order valence-electron chi connectivity index (χ2n) is 9.22. The summed E-state index contributed by atoms with van der Waals surface area (Å²) in [6.45, 7) is 6.24. The number of hydrogen-bond donors (Lipinski definition) is 5. The number of hydrogen-bond acceptors (Lipinski definition) is 7. The van der Waals surface area contributed by atoms with Gasteiger partial charge in [0, 0.05) is 56.3 Å². The zero-order valence-corrected chi connectivity index (χ0v) is 20.9. The topological polar surface area (TPSA) is 132 Å². The summed E-state index contributed by atoms with van der Waals surface area (Å²) in [5, 5.41) is 18.8. The number of nitrogens with one attached hydrogen (secondary N) is 4. The van der Waals surface area contributed by atoms with Crippen LogP contribution in [0.25, 0.3) is 11.6 Å². The largest absolute Gasteiger partial charge is 0.505 e. The van der Waals surface area contributed by atoms with Crippen LogP contribution in [0.2, 0.25) is 0 Å². The molecule has 0 aromatic carbocycles. The Morgan fingerprint density at radius 3 is 2.97 bits per heavy atom. The highest BCUT2D eigenvalue weighted by Gasteiger charge is 2.29. The number of halogens is 1. The van der Waals surface area contributed by atoms with E-state index in [1.165, 1.54) is 12.2 Å². The fourth-order valence-electron chi connectivity index (χ4n) is 4.53. The van der Waals surface area contributed by atoms with Crippen molar-refractivity contribution in [2.24, 2.45) is 0 Å². The van der Waals surface area contributed by atoms with Crippen molar-refractivity contribution in [1.82, 2.24) is 20.2 Å². The number of nitrogens with zero attached hydrogens (tertiary/aromatic N) is 2. The normalized spacial score (nSPS) is 18.7. The van der Waals surface area contributed by atoms with E-state index in [9.17, 15) is 19.1 Å². The summed E-state index contributed by atoms with van der Waals surface area (Å²) in [4.78, 5) is 35.3. The van der Waals surface area contributed by atoms with Crippen molar-refractivity contribution in [2.45, 2.75) is 13.3 Å². The van der Waals surface area contributed by atoms with Crippen molar-refractivity contribution < 1.29 is 23.8 Å². The Kier molecular flexibility index (Phi) is 7.38. The van der Waals surface area contributed by atoms with E-state index >= 15 is 0 Å². The summed E-state index contributed by atoms with van der Waals surface area (Å²) in [5.74, 6) is -1.38. The lowest BCUT2D eigenvalue weighted by Gasteiger charge is -2.26. The van der Waals surface area contributed by atoms with Crippen LogP contribution in [0, 0.1) is 6.92 Å². The van der Waals surface area contributed by atoms with Crippen LogP contribution in [0.15, 0.2) is 53.8 Å². The number of aliphatic hydroxyl groups is 1. The highest BCUT2D eigenvalue weighted by molar-refractivity contribution is 6.35. The number of allylic oxidation sites excluding steroid dienone is 4. The van der Waals surface area contributed by atoms with E-state index in [4.69, 9.17) is 4.74 Å². The molecule has 0 bridgehead atoms. The molecule has 3 aliphatic rings. The molecule has 1 aliphatic carbocycles. The minimum absolute atomic E-state index is 0.222. The molecule has 0 spiro atoms. The number of H-pyrrole nitrogens is 1. The molecule has 38 heavy (non-hydrogen) atoms. The Bertz CT molecular complexity index is 1380. The first-order valence-corrected chi connectivity index (χ1v) is 12.4. The number of aromatic amines is 1. The Labute approximate surface area is 219 Å². The van der Waals surface area contributed by atoms with Gasteiger partial charge in [0.05, 0.1) is 30.0 Å². The molecule has 198 valence electrons. The molecule has 0 unspecified atom stereocenters. The van der Waals surface area contributed by atoms with Crippen molar-refractivity contribution in [1.29, 1.82) is 0 Å². The lowest BCUT2D eigenvalue weighted by Crippen LogP contribution is -2.41. The number of fused-ring (bicyclic) bond motifs is 1. The number of pyridine rings is 1. The molecule has 2 amide bonds. The summed E-state index contributed by atoms with van der Waals surface area (Å²) in [5.41, 5.74) is 3.84. The number of rotatable bonds is 7. The van der Waals surface area contributed by atoms with Crippen LogP contribution in [-0.2, 0) is 9.53 Å². The van der Waals surface area contributed by atoms with Gasteiger partial charge >= 0.3 is 0 Å². The van der Waals surface area contributed by atoms with Crippen LogP contribution < -0.4 is 16.0 Å². The summed E-state index contributed by atoms with van der Waals surface area (Å²) in [7, 11) is 0. The Morgan fingerprint density at radius 2 is 2.16 bits per heavy atom. The van der Waals surface area contributed by atoms with Crippen molar-refractivity contribution in [3.05, 3.63) is 76.4 Å². The molecule has 10 nitrogen and oxygen atoms in total. The first kappa shape index (κ1) is 25.4. The van der Waals surface area contributed by atoms with Crippen LogP contribution in [0.1, 0.15) is 33.7 Å². The second-order valence-corrected chi connectivity index (χ2v) is 9.22. The minimum atomic E-state index is -0.720.